The minimum atomic E-state index is -0.177. The van der Waals surface area contributed by atoms with E-state index in [4.69, 9.17) is 4.98 Å². The van der Waals surface area contributed by atoms with Crippen molar-refractivity contribution < 1.29 is 0 Å². The SMILES string of the molecule is CC[C@@H](Cc1ccc(C)cc1)N(C)c1nc2c(cnn2-c2ccccc2)c(=O)[nH]1. The minimum Gasteiger partial charge on any atom is -0.342 e. The van der Waals surface area contributed by atoms with Gasteiger partial charge < -0.3 is 4.90 Å². The van der Waals surface area contributed by atoms with Crippen LogP contribution >= 0.6 is 0 Å². The van der Waals surface area contributed by atoms with E-state index in [2.05, 4.69) is 53.1 Å². The smallest absolute Gasteiger partial charge is 0.263 e. The van der Waals surface area contributed by atoms with Crippen molar-refractivity contribution in [2.45, 2.75) is 32.7 Å². The number of para-hydroxylation sites is 1. The maximum Gasteiger partial charge on any atom is 0.263 e. The number of aromatic amines is 1. The molecule has 29 heavy (non-hydrogen) atoms. The van der Waals surface area contributed by atoms with E-state index in [0.717, 1.165) is 18.5 Å². The number of H-pyrrole nitrogens is 1. The molecular formula is C23H25N5O. The molecule has 2 aromatic carbocycles. The second kappa shape index (κ2) is 7.91. The van der Waals surface area contributed by atoms with Gasteiger partial charge in [-0.15, -0.1) is 0 Å². The molecule has 0 radical (unpaired) electrons. The first-order valence-corrected chi connectivity index (χ1v) is 9.88. The first-order chi connectivity index (χ1) is 14.1. The molecule has 0 aliphatic carbocycles. The summed E-state index contributed by atoms with van der Waals surface area (Å²) in [7, 11) is 1.98. The molecule has 0 fully saturated rings. The second-order valence-electron chi connectivity index (χ2n) is 7.38. The zero-order valence-electron chi connectivity index (χ0n) is 17.0. The van der Waals surface area contributed by atoms with Crippen molar-refractivity contribution in [3.05, 3.63) is 82.3 Å². The van der Waals surface area contributed by atoms with Crippen LogP contribution in [0, 0.1) is 6.92 Å². The fraction of sp³-hybridized carbons (Fsp3) is 0.261. The van der Waals surface area contributed by atoms with Crippen LogP contribution in [-0.2, 0) is 6.42 Å². The van der Waals surface area contributed by atoms with Crippen LogP contribution in [0.1, 0.15) is 24.5 Å². The number of hydrogen-bond acceptors (Lipinski definition) is 4. The molecule has 0 amide bonds. The van der Waals surface area contributed by atoms with Gasteiger partial charge in [0.05, 0.1) is 11.9 Å². The highest BCUT2D eigenvalue weighted by molar-refractivity contribution is 5.76. The van der Waals surface area contributed by atoms with Gasteiger partial charge in [-0.3, -0.25) is 9.78 Å². The summed E-state index contributed by atoms with van der Waals surface area (Å²) in [6, 6.07) is 18.5. The number of fused-ring (bicyclic) bond motifs is 1. The van der Waals surface area contributed by atoms with Gasteiger partial charge in [0.2, 0.25) is 5.95 Å². The lowest BCUT2D eigenvalue weighted by Gasteiger charge is -2.28. The first-order valence-electron chi connectivity index (χ1n) is 9.88. The van der Waals surface area contributed by atoms with E-state index >= 15 is 0 Å². The number of hydrogen-bond donors (Lipinski definition) is 1. The standard InChI is InChI=1S/C23H25N5O/c1-4-18(14-17-12-10-16(2)11-13-17)27(3)23-25-21-20(22(29)26-23)15-24-28(21)19-8-6-5-7-9-19/h5-13,15,18H,4,14H2,1-3H3,(H,25,26,29)/t18-/m0/s1. The van der Waals surface area contributed by atoms with E-state index in [9.17, 15) is 4.79 Å². The van der Waals surface area contributed by atoms with Gasteiger partial charge in [0.15, 0.2) is 5.65 Å². The molecule has 148 valence electrons. The summed E-state index contributed by atoms with van der Waals surface area (Å²) >= 11 is 0. The van der Waals surface area contributed by atoms with E-state index in [-0.39, 0.29) is 11.6 Å². The number of aryl methyl sites for hydroxylation is 1. The Bertz CT molecular complexity index is 1160. The van der Waals surface area contributed by atoms with Gasteiger partial charge in [0, 0.05) is 13.1 Å². The number of anilines is 1. The molecule has 2 aromatic heterocycles. The van der Waals surface area contributed by atoms with Crippen LogP contribution in [-0.4, -0.2) is 32.8 Å². The van der Waals surface area contributed by atoms with E-state index in [1.165, 1.54) is 11.1 Å². The third-order valence-corrected chi connectivity index (χ3v) is 5.37. The summed E-state index contributed by atoms with van der Waals surface area (Å²) < 4.78 is 1.71. The monoisotopic (exact) mass is 387 g/mol. The molecule has 0 unspecified atom stereocenters. The lowest BCUT2D eigenvalue weighted by molar-refractivity contribution is 0.594. The quantitative estimate of drug-likeness (QED) is 0.545. The number of benzene rings is 2. The fourth-order valence-electron chi connectivity index (χ4n) is 3.56. The summed E-state index contributed by atoms with van der Waals surface area (Å²) in [5.41, 5.74) is 3.78. The molecule has 2 heterocycles. The zero-order chi connectivity index (χ0) is 20.4. The Hall–Kier alpha value is -3.41. The van der Waals surface area contributed by atoms with Crippen molar-refractivity contribution in [3.63, 3.8) is 0 Å². The largest absolute Gasteiger partial charge is 0.342 e. The van der Waals surface area contributed by atoms with E-state index in [1.54, 1.807) is 10.9 Å². The second-order valence-corrected chi connectivity index (χ2v) is 7.38. The number of rotatable bonds is 6. The summed E-state index contributed by atoms with van der Waals surface area (Å²) in [5.74, 6) is 0.555. The minimum absolute atomic E-state index is 0.177. The molecular weight excluding hydrogens is 362 g/mol. The molecule has 0 saturated carbocycles. The Morgan fingerprint density at radius 1 is 1.10 bits per heavy atom. The number of likely N-dealkylation sites (N-methyl/N-ethyl adjacent to an activating group) is 1. The number of nitrogens with one attached hydrogen (secondary N) is 1. The molecule has 0 spiro atoms. The van der Waals surface area contributed by atoms with Crippen molar-refractivity contribution in [1.82, 2.24) is 19.7 Å². The third-order valence-electron chi connectivity index (χ3n) is 5.37. The summed E-state index contributed by atoms with van der Waals surface area (Å²) in [6.45, 7) is 4.24. The van der Waals surface area contributed by atoms with E-state index in [0.29, 0.717) is 17.0 Å². The van der Waals surface area contributed by atoms with Gasteiger partial charge >= 0.3 is 0 Å². The van der Waals surface area contributed by atoms with E-state index in [1.807, 2.05) is 37.4 Å². The maximum absolute atomic E-state index is 12.7. The molecule has 0 aliphatic heterocycles. The predicted octanol–water partition coefficient (Wildman–Crippen LogP) is 3.87. The average Bonchev–Trinajstić information content (AvgIpc) is 3.18. The Morgan fingerprint density at radius 3 is 2.52 bits per heavy atom. The lowest BCUT2D eigenvalue weighted by atomic mass is 10.0. The van der Waals surface area contributed by atoms with Crippen LogP contribution in [0.25, 0.3) is 16.7 Å². The van der Waals surface area contributed by atoms with Gasteiger partial charge in [-0.1, -0.05) is 55.0 Å². The lowest BCUT2D eigenvalue weighted by Crippen LogP contribution is -2.35. The molecule has 6 heteroatoms. The normalized spacial score (nSPS) is 12.2. The van der Waals surface area contributed by atoms with Crippen LogP contribution in [0.2, 0.25) is 0 Å². The van der Waals surface area contributed by atoms with Gasteiger partial charge in [0.1, 0.15) is 5.39 Å². The van der Waals surface area contributed by atoms with Crippen LogP contribution < -0.4 is 10.5 Å². The average molecular weight is 387 g/mol. The van der Waals surface area contributed by atoms with Crippen LogP contribution in [0.15, 0.2) is 65.6 Å². The Labute approximate surface area is 169 Å². The summed E-state index contributed by atoms with van der Waals surface area (Å²) in [4.78, 5) is 22.4. The number of aromatic nitrogens is 4. The van der Waals surface area contributed by atoms with Gasteiger partial charge in [-0.2, -0.15) is 10.1 Å². The molecule has 1 atom stereocenters. The highest BCUT2D eigenvalue weighted by atomic mass is 16.1. The van der Waals surface area contributed by atoms with Crippen molar-refractivity contribution in [2.75, 3.05) is 11.9 Å². The Balaban J connectivity index is 1.70. The Morgan fingerprint density at radius 2 is 1.83 bits per heavy atom. The van der Waals surface area contributed by atoms with Crippen molar-refractivity contribution in [3.8, 4) is 5.69 Å². The number of nitrogens with zero attached hydrogens (tertiary/aromatic N) is 4. The van der Waals surface area contributed by atoms with Crippen LogP contribution in [0.3, 0.4) is 0 Å². The van der Waals surface area contributed by atoms with Crippen molar-refractivity contribution in [1.29, 1.82) is 0 Å². The van der Waals surface area contributed by atoms with Gasteiger partial charge in [-0.25, -0.2) is 4.68 Å². The van der Waals surface area contributed by atoms with E-state index < -0.39 is 0 Å². The fourth-order valence-corrected chi connectivity index (χ4v) is 3.56. The zero-order valence-corrected chi connectivity index (χ0v) is 17.0. The first kappa shape index (κ1) is 18.9. The molecule has 0 aliphatic rings. The molecule has 6 nitrogen and oxygen atoms in total. The predicted molar refractivity (Wildman–Crippen MR) is 117 cm³/mol. The van der Waals surface area contributed by atoms with Crippen molar-refractivity contribution >= 4 is 17.0 Å². The summed E-state index contributed by atoms with van der Waals surface area (Å²) in [6.07, 6.45) is 3.39. The highest BCUT2D eigenvalue weighted by Gasteiger charge is 2.19. The maximum atomic E-state index is 12.7. The van der Waals surface area contributed by atoms with Crippen LogP contribution in [0.4, 0.5) is 5.95 Å². The molecule has 4 rings (SSSR count). The molecule has 1 N–H and O–H groups in total. The van der Waals surface area contributed by atoms with Crippen LogP contribution in [0.5, 0.6) is 0 Å². The molecule has 0 saturated heterocycles. The van der Waals surface area contributed by atoms with Crippen molar-refractivity contribution in [2.24, 2.45) is 0 Å². The van der Waals surface area contributed by atoms with Gasteiger partial charge in [-0.05, 0) is 37.5 Å². The molecule has 4 aromatic rings. The topological polar surface area (TPSA) is 66.8 Å². The van der Waals surface area contributed by atoms with Gasteiger partial charge in [0.25, 0.3) is 5.56 Å². The summed E-state index contributed by atoms with van der Waals surface area (Å²) in [5, 5.41) is 4.87. The third kappa shape index (κ3) is 3.78. The Kier molecular flexibility index (Phi) is 5.16. The molecule has 0 bridgehead atoms. The highest BCUT2D eigenvalue weighted by Crippen LogP contribution is 2.19.